The standard InChI is InChI=1S/C33H34N2O8S.Na/c1-17(2)41-28-12-20(13-29(42-18(3)4)32(28)43-19(5)6)11-23(31(36)22-8-10-26-27(15-22)40-16-39-26)30(33(37)38)21-7-9-24-25(14-21)35-44-34-24;/h7-10,12-15,17-19H,11,16H2,1-6H3,(H,37,38);/q;+1/p-1. The van der Waals surface area contributed by atoms with E-state index in [1.807, 2.05) is 41.5 Å². The summed E-state index contributed by atoms with van der Waals surface area (Å²) in [6, 6.07) is 13.1. The van der Waals surface area contributed by atoms with Gasteiger partial charge in [0.2, 0.25) is 12.5 Å². The molecule has 0 saturated heterocycles. The number of nitrogens with zero attached hydrogens (tertiary/aromatic N) is 2. The van der Waals surface area contributed by atoms with E-state index in [2.05, 4.69) is 8.75 Å². The molecule has 2 heterocycles. The van der Waals surface area contributed by atoms with E-state index < -0.39 is 11.8 Å². The van der Waals surface area contributed by atoms with Crippen molar-refractivity contribution < 1.29 is 67.9 Å². The summed E-state index contributed by atoms with van der Waals surface area (Å²) < 4.78 is 37.7. The number of Topliss-reactive ketones (excluding diaryl/α,β-unsaturated/α-hetero) is 1. The predicted octanol–water partition coefficient (Wildman–Crippen LogP) is 2.41. The van der Waals surface area contributed by atoms with E-state index in [0.29, 0.717) is 45.3 Å². The molecule has 45 heavy (non-hydrogen) atoms. The molecule has 0 amide bonds. The first-order valence-electron chi connectivity index (χ1n) is 14.3. The molecule has 0 N–H and O–H groups in total. The van der Waals surface area contributed by atoms with Crippen LogP contribution < -0.4 is 58.3 Å². The summed E-state index contributed by atoms with van der Waals surface area (Å²) in [5.41, 5.74) is 1.94. The molecule has 4 aromatic rings. The molecule has 230 valence electrons. The van der Waals surface area contributed by atoms with E-state index >= 15 is 0 Å². The van der Waals surface area contributed by atoms with Gasteiger partial charge in [0.15, 0.2) is 28.8 Å². The third-order valence-corrected chi connectivity index (χ3v) is 7.05. The average Bonchev–Trinajstić information content (AvgIpc) is 3.62. The van der Waals surface area contributed by atoms with Gasteiger partial charge in [0.25, 0.3) is 0 Å². The number of fused-ring (bicyclic) bond motifs is 2. The Morgan fingerprint density at radius 2 is 1.40 bits per heavy atom. The average molecular weight is 641 g/mol. The van der Waals surface area contributed by atoms with Crippen LogP contribution in [0.5, 0.6) is 28.7 Å². The van der Waals surface area contributed by atoms with Crippen LogP contribution in [0.25, 0.3) is 16.6 Å². The molecule has 0 saturated carbocycles. The van der Waals surface area contributed by atoms with E-state index in [-0.39, 0.29) is 83.4 Å². The molecular formula is C33H33N2NaO8S. The van der Waals surface area contributed by atoms with Crippen LogP contribution in [0.15, 0.2) is 54.1 Å². The zero-order valence-electron chi connectivity index (χ0n) is 26.3. The maximum atomic E-state index is 14.3. The summed E-state index contributed by atoms with van der Waals surface area (Å²) in [5, 5.41) is 12.9. The number of benzene rings is 3. The molecule has 1 aromatic heterocycles. The summed E-state index contributed by atoms with van der Waals surface area (Å²) in [7, 11) is 0. The number of hydrogen-bond acceptors (Lipinski definition) is 11. The summed E-state index contributed by atoms with van der Waals surface area (Å²) >= 11 is 1.01. The van der Waals surface area contributed by atoms with Gasteiger partial charge in [0, 0.05) is 23.1 Å². The van der Waals surface area contributed by atoms with Crippen molar-refractivity contribution >= 4 is 40.1 Å². The Balaban J connectivity index is 0.00000461. The van der Waals surface area contributed by atoms with Crippen LogP contribution in [0.1, 0.15) is 63.0 Å². The van der Waals surface area contributed by atoms with Gasteiger partial charge in [0.05, 0.1) is 36.0 Å². The largest absolute Gasteiger partial charge is 1.00 e. The number of carbonyl (C=O) groups excluding carboxylic acids is 2. The molecule has 0 atom stereocenters. The van der Waals surface area contributed by atoms with Gasteiger partial charge in [-0.25, -0.2) is 0 Å². The fraction of sp³-hybridized carbons (Fsp3) is 0.333. The number of carboxylic acids is 1. The number of allylic oxidation sites excluding steroid dienone is 1. The molecule has 12 heteroatoms. The van der Waals surface area contributed by atoms with Gasteiger partial charge in [-0.1, -0.05) is 6.07 Å². The number of hydrogen-bond donors (Lipinski definition) is 0. The molecule has 0 aliphatic carbocycles. The summed E-state index contributed by atoms with van der Waals surface area (Å²) in [6.07, 6.45) is -0.662. The number of ether oxygens (including phenoxy) is 5. The van der Waals surface area contributed by atoms with E-state index in [0.717, 1.165) is 11.7 Å². The van der Waals surface area contributed by atoms with Crippen LogP contribution in [0.3, 0.4) is 0 Å². The van der Waals surface area contributed by atoms with Crippen molar-refractivity contribution in [3.63, 3.8) is 0 Å². The maximum Gasteiger partial charge on any atom is 1.00 e. The van der Waals surface area contributed by atoms with Crippen molar-refractivity contribution in [2.75, 3.05) is 6.79 Å². The molecule has 0 spiro atoms. The van der Waals surface area contributed by atoms with Crippen molar-refractivity contribution in [2.24, 2.45) is 0 Å². The van der Waals surface area contributed by atoms with Gasteiger partial charge in [0.1, 0.15) is 11.0 Å². The van der Waals surface area contributed by atoms with Crippen molar-refractivity contribution in [1.82, 2.24) is 8.75 Å². The zero-order valence-corrected chi connectivity index (χ0v) is 29.2. The van der Waals surface area contributed by atoms with E-state index in [4.69, 9.17) is 23.7 Å². The summed E-state index contributed by atoms with van der Waals surface area (Å²) in [6.45, 7) is 11.4. The second-order valence-corrected chi connectivity index (χ2v) is 11.6. The molecular weight excluding hydrogens is 607 g/mol. The van der Waals surface area contributed by atoms with Crippen LogP contribution in [0.4, 0.5) is 0 Å². The molecule has 0 unspecified atom stereocenters. The van der Waals surface area contributed by atoms with Gasteiger partial charge in [-0.3, -0.25) is 4.79 Å². The molecule has 0 fully saturated rings. The van der Waals surface area contributed by atoms with Crippen LogP contribution in [-0.2, 0) is 11.2 Å². The number of carbonyl (C=O) groups is 2. The fourth-order valence-corrected chi connectivity index (χ4v) is 5.34. The Hall–Kier alpha value is -3.64. The Bertz CT molecular complexity index is 1720. The normalized spacial score (nSPS) is 12.7. The second-order valence-electron chi connectivity index (χ2n) is 11.1. The Labute approximate surface area is 287 Å². The number of aliphatic carboxylic acids is 1. The number of ketones is 1. The Morgan fingerprint density at radius 1 is 0.800 bits per heavy atom. The monoisotopic (exact) mass is 640 g/mol. The van der Waals surface area contributed by atoms with Gasteiger partial charge >= 0.3 is 29.6 Å². The molecule has 0 bridgehead atoms. The smallest absolute Gasteiger partial charge is 0.545 e. The molecule has 3 aromatic carbocycles. The first-order chi connectivity index (χ1) is 21.0. The van der Waals surface area contributed by atoms with Crippen molar-refractivity contribution in [2.45, 2.75) is 66.3 Å². The first kappa shape index (κ1) is 34.2. The van der Waals surface area contributed by atoms with Crippen LogP contribution >= 0.6 is 11.7 Å². The maximum absolute atomic E-state index is 14.3. The Kier molecular flexibility index (Phi) is 11.1. The minimum Gasteiger partial charge on any atom is -0.545 e. The topological polar surface area (TPSA) is 129 Å². The van der Waals surface area contributed by atoms with Crippen LogP contribution in [0, 0.1) is 0 Å². The van der Waals surface area contributed by atoms with E-state index in [9.17, 15) is 14.7 Å². The quantitative estimate of drug-likeness (QED) is 0.129. The second kappa shape index (κ2) is 14.6. The fourth-order valence-electron chi connectivity index (χ4n) is 4.82. The number of carboxylic acid groups (broad SMARTS) is 1. The first-order valence-corrected chi connectivity index (χ1v) is 15.0. The Morgan fingerprint density at radius 3 is 2.02 bits per heavy atom. The van der Waals surface area contributed by atoms with Gasteiger partial charge in [-0.15, -0.1) is 0 Å². The van der Waals surface area contributed by atoms with Gasteiger partial charge in [-0.2, -0.15) is 8.75 Å². The van der Waals surface area contributed by atoms with Crippen molar-refractivity contribution in [3.05, 3.63) is 70.8 Å². The molecule has 1 aliphatic rings. The van der Waals surface area contributed by atoms with Crippen molar-refractivity contribution in [3.8, 4) is 28.7 Å². The molecule has 10 nitrogen and oxygen atoms in total. The summed E-state index contributed by atoms with van der Waals surface area (Å²) in [5.74, 6) is 0.146. The molecule has 0 radical (unpaired) electrons. The SMILES string of the molecule is CC(C)Oc1cc(CC(C(=O)c2ccc3c(c2)OCO3)=C(C(=O)[O-])c2ccc3nsnc3c2)cc(OC(C)C)c1OC(C)C.[Na+]. The van der Waals surface area contributed by atoms with E-state index in [1.165, 1.54) is 0 Å². The molecule has 5 rings (SSSR count). The third-order valence-electron chi connectivity index (χ3n) is 6.50. The third kappa shape index (κ3) is 7.96. The molecule has 1 aliphatic heterocycles. The summed E-state index contributed by atoms with van der Waals surface area (Å²) in [4.78, 5) is 27.1. The van der Waals surface area contributed by atoms with Crippen LogP contribution in [-0.4, -0.2) is 45.6 Å². The minimum absolute atomic E-state index is 0. The number of aromatic nitrogens is 2. The number of rotatable bonds is 12. The van der Waals surface area contributed by atoms with E-state index in [1.54, 1.807) is 48.5 Å². The predicted molar refractivity (Wildman–Crippen MR) is 164 cm³/mol. The zero-order chi connectivity index (χ0) is 31.5. The minimum atomic E-state index is -1.51. The van der Waals surface area contributed by atoms with Crippen molar-refractivity contribution in [1.29, 1.82) is 0 Å². The van der Waals surface area contributed by atoms with Gasteiger partial charge < -0.3 is 33.6 Å². The van der Waals surface area contributed by atoms with Gasteiger partial charge in [-0.05, 0) is 95.1 Å². The van der Waals surface area contributed by atoms with Crippen LogP contribution in [0.2, 0.25) is 0 Å².